The lowest BCUT2D eigenvalue weighted by Gasteiger charge is -2.26. The van der Waals surface area contributed by atoms with Crippen molar-refractivity contribution in [2.45, 2.75) is 12.8 Å². The summed E-state index contributed by atoms with van der Waals surface area (Å²) in [6, 6.07) is 14.7. The van der Waals surface area contributed by atoms with Gasteiger partial charge in [0.2, 0.25) is 5.88 Å². The van der Waals surface area contributed by atoms with Crippen LogP contribution in [0.2, 0.25) is 25.1 Å². The Balaban J connectivity index is 1.55. The molecule has 184 valence electrons. The first-order valence-electron chi connectivity index (χ1n) is 10.2. The smallest absolute Gasteiger partial charge is 0.349 e. The number of carbonyl (C=O) groups is 1. The normalized spacial score (nSPS) is 14.5. The number of aryl methyl sites for hydroxylation is 1. The van der Waals surface area contributed by atoms with Crippen molar-refractivity contribution < 1.29 is 19.0 Å². The second-order valence-corrected chi connectivity index (χ2v) is 9.59. The van der Waals surface area contributed by atoms with E-state index in [1.165, 1.54) is 6.07 Å². The zero-order valence-electron chi connectivity index (χ0n) is 18.4. The van der Waals surface area contributed by atoms with E-state index in [1.807, 2.05) is 31.2 Å². The van der Waals surface area contributed by atoms with Crippen LogP contribution >= 0.6 is 58.0 Å². The maximum atomic E-state index is 12.5. The lowest BCUT2D eigenvalue weighted by Crippen LogP contribution is -2.21. The van der Waals surface area contributed by atoms with Crippen LogP contribution in [0, 0.1) is 18.3 Å². The number of nitriles is 1. The van der Waals surface area contributed by atoms with E-state index in [1.54, 1.807) is 12.1 Å². The fourth-order valence-electron chi connectivity index (χ4n) is 3.60. The number of fused-ring (bicyclic) bond motifs is 1. The van der Waals surface area contributed by atoms with E-state index in [2.05, 4.69) is 6.07 Å². The van der Waals surface area contributed by atoms with Gasteiger partial charge in [-0.2, -0.15) is 5.26 Å². The van der Waals surface area contributed by atoms with Crippen LogP contribution in [0.25, 0.3) is 0 Å². The average Bonchev–Trinajstić information content (AvgIpc) is 2.86. The number of allylic oxidation sites excluding steroid dienone is 1. The molecule has 4 rings (SSSR count). The number of benzene rings is 3. The molecule has 0 aliphatic carbocycles. The Kier molecular flexibility index (Phi) is 7.79. The monoisotopic (exact) mass is 582 g/mol. The van der Waals surface area contributed by atoms with Crippen LogP contribution in [0.3, 0.4) is 0 Å². The van der Waals surface area contributed by atoms with Crippen molar-refractivity contribution in [1.29, 1.82) is 5.26 Å². The molecule has 0 saturated carbocycles. The van der Waals surface area contributed by atoms with Crippen molar-refractivity contribution in [3.63, 3.8) is 0 Å². The molecule has 0 aromatic heterocycles. The molecular formula is C25H15Cl5N2O4. The summed E-state index contributed by atoms with van der Waals surface area (Å²) in [6.45, 7) is 1.41. The van der Waals surface area contributed by atoms with Gasteiger partial charge in [0, 0.05) is 11.6 Å². The van der Waals surface area contributed by atoms with Crippen LogP contribution in [0.5, 0.6) is 17.2 Å². The molecule has 1 aliphatic rings. The van der Waals surface area contributed by atoms with Gasteiger partial charge in [0.05, 0.1) is 21.0 Å². The number of hydrogen-bond donors (Lipinski definition) is 1. The summed E-state index contributed by atoms with van der Waals surface area (Å²) in [6.07, 6.45) is 0. The van der Waals surface area contributed by atoms with Crippen LogP contribution in [0.15, 0.2) is 53.9 Å². The molecule has 6 nitrogen and oxygen atoms in total. The van der Waals surface area contributed by atoms with Crippen molar-refractivity contribution in [2.75, 3.05) is 6.61 Å². The van der Waals surface area contributed by atoms with Crippen LogP contribution in [-0.4, -0.2) is 12.6 Å². The number of halogens is 5. The number of nitrogens with two attached hydrogens (primary N) is 1. The highest BCUT2D eigenvalue weighted by molar-refractivity contribution is 6.55. The number of rotatable bonds is 5. The zero-order valence-corrected chi connectivity index (χ0v) is 22.2. The summed E-state index contributed by atoms with van der Waals surface area (Å²) < 4.78 is 16.4. The summed E-state index contributed by atoms with van der Waals surface area (Å²) in [5.74, 6) is -0.810. The molecule has 11 heteroatoms. The fourth-order valence-corrected chi connectivity index (χ4v) is 4.83. The molecule has 3 aromatic rings. The Morgan fingerprint density at radius 3 is 2.22 bits per heavy atom. The van der Waals surface area contributed by atoms with Crippen molar-refractivity contribution in [1.82, 2.24) is 0 Å². The van der Waals surface area contributed by atoms with Crippen molar-refractivity contribution in [3.05, 3.63) is 95.7 Å². The van der Waals surface area contributed by atoms with Crippen LogP contribution in [0.1, 0.15) is 22.6 Å². The summed E-state index contributed by atoms with van der Waals surface area (Å²) in [4.78, 5) is 12.5. The quantitative estimate of drug-likeness (QED) is 0.145. The molecular weight excluding hydrogens is 570 g/mol. The van der Waals surface area contributed by atoms with Gasteiger partial charge in [-0.25, -0.2) is 4.79 Å². The van der Waals surface area contributed by atoms with Crippen LogP contribution < -0.4 is 19.9 Å². The summed E-state index contributed by atoms with van der Waals surface area (Å²) in [7, 11) is 0. The van der Waals surface area contributed by atoms with E-state index in [-0.39, 0.29) is 42.5 Å². The first-order chi connectivity index (χ1) is 17.1. The highest BCUT2D eigenvalue weighted by Gasteiger charge is 2.31. The Labute approximate surface area is 231 Å². The molecule has 1 aliphatic heterocycles. The number of esters is 1. The van der Waals surface area contributed by atoms with Crippen molar-refractivity contribution in [2.24, 2.45) is 5.73 Å². The van der Waals surface area contributed by atoms with Crippen molar-refractivity contribution >= 4 is 64.0 Å². The molecule has 0 bridgehead atoms. The van der Waals surface area contributed by atoms with Gasteiger partial charge in [-0.15, -0.1) is 0 Å². The van der Waals surface area contributed by atoms with E-state index in [9.17, 15) is 10.1 Å². The lowest BCUT2D eigenvalue weighted by atomic mass is 9.83. The lowest BCUT2D eigenvalue weighted by molar-refractivity contribution is -0.136. The maximum Gasteiger partial charge on any atom is 0.349 e. The summed E-state index contributed by atoms with van der Waals surface area (Å²) in [5, 5.41) is 9.35. The predicted molar refractivity (Wildman–Crippen MR) is 140 cm³/mol. The zero-order chi connectivity index (χ0) is 26.1. The first-order valence-corrected chi connectivity index (χ1v) is 12.1. The van der Waals surface area contributed by atoms with Gasteiger partial charge in [0.15, 0.2) is 12.4 Å². The third-order valence-electron chi connectivity index (χ3n) is 5.34. The predicted octanol–water partition coefficient (Wildman–Crippen LogP) is 7.46. The second-order valence-electron chi connectivity index (χ2n) is 7.70. The van der Waals surface area contributed by atoms with E-state index in [0.717, 1.165) is 11.1 Å². The van der Waals surface area contributed by atoms with Crippen LogP contribution in [-0.2, 0) is 4.79 Å². The number of carbonyl (C=O) groups excluding carboxylic acids is 1. The SMILES string of the molecule is Cc1ccc(C2C(C#N)=C(N)Oc3cc(OC(=O)COc4c(Cl)c(Cl)c(Cl)c(Cl)c4Cl)ccc32)cc1. The molecule has 1 unspecified atom stereocenters. The fraction of sp³-hybridized carbons (Fsp3) is 0.120. The summed E-state index contributed by atoms with van der Waals surface area (Å²) in [5.41, 5.74) is 8.98. The van der Waals surface area contributed by atoms with Gasteiger partial charge in [-0.1, -0.05) is 93.9 Å². The first kappa shape index (κ1) is 26.3. The van der Waals surface area contributed by atoms with Gasteiger partial charge in [-0.05, 0) is 18.6 Å². The second kappa shape index (κ2) is 10.7. The molecule has 0 radical (unpaired) electrons. The Bertz CT molecular complexity index is 1420. The third-order valence-corrected chi connectivity index (χ3v) is 7.58. The molecule has 3 aromatic carbocycles. The molecule has 0 fully saturated rings. The molecule has 0 spiro atoms. The van der Waals surface area contributed by atoms with Crippen molar-refractivity contribution in [3.8, 4) is 23.3 Å². The number of hydrogen-bond acceptors (Lipinski definition) is 6. The number of nitrogens with zero attached hydrogens (tertiary/aromatic N) is 1. The summed E-state index contributed by atoms with van der Waals surface area (Å²) >= 11 is 30.2. The molecule has 1 atom stereocenters. The van der Waals surface area contributed by atoms with Gasteiger partial charge in [0.25, 0.3) is 0 Å². The molecule has 2 N–H and O–H groups in total. The topological polar surface area (TPSA) is 94.6 Å². The minimum atomic E-state index is -0.767. The number of ether oxygens (including phenoxy) is 3. The molecule has 36 heavy (non-hydrogen) atoms. The maximum absolute atomic E-state index is 12.5. The van der Waals surface area contributed by atoms with Crippen LogP contribution in [0.4, 0.5) is 0 Å². The molecule has 0 saturated heterocycles. The Morgan fingerprint density at radius 1 is 1.00 bits per heavy atom. The van der Waals surface area contributed by atoms with E-state index in [4.69, 9.17) is 77.9 Å². The minimum absolute atomic E-state index is 0.0248. The van der Waals surface area contributed by atoms with Gasteiger partial charge in [-0.3, -0.25) is 0 Å². The van der Waals surface area contributed by atoms with Gasteiger partial charge >= 0.3 is 5.97 Å². The average molecular weight is 585 g/mol. The minimum Gasteiger partial charge on any atom is -0.479 e. The Morgan fingerprint density at radius 2 is 1.61 bits per heavy atom. The highest BCUT2D eigenvalue weighted by Crippen LogP contribution is 2.48. The highest BCUT2D eigenvalue weighted by atomic mass is 35.5. The van der Waals surface area contributed by atoms with Gasteiger partial charge in [0.1, 0.15) is 33.2 Å². The van der Waals surface area contributed by atoms with E-state index in [0.29, 0.717) is 16.9 Å². The standard InChI is InChI=1S/C25H15Cl5N2O4/c1-11-2-4-12(5-3-11)18-14-7-6-13(8-16(14)36-25(32)15(18)9-31)35-17(33)10-34-24-22(29)20(27)19(26)21(28)23(24)30/h2-8,18H,10,32H2,1H3. The largest absolute Gasteiger partial charge is 0.479 e. The Hall–Kier alpha value is -2.79. The van der Waals surface area contributed by atoms with E-state index >= 15 is 0 Å². The van der Waals surface area contributed by atoms with E-state index < -0.39 is 18.5 Å². The molecule has 0 amide bonds. The van der Waals surface area contributed by atoms with Gasteiger partial charge < -0.3 is 19.9 Å². The molecule has 1 heterocycles. The third kappa shape index (κ3) is 5.04.